The van der Waals surface area contributed by atoms with Gasteiger partial charge in [-0.2, -0.15) is 0 Å². The molecule has 0 fully saturated rings. The van der Waals surface area contributed by atoms with Crippen LogP contribution in [0.5, 0.6) is 0 Å². The molecule has 1 aromatic carbocycles. The fraction of sp³-hybridized carbons (Fsp3) is 0.357. The standard InChI is InChI=1S/C14H16N2/c1-2-3-6-9-16-13-8-5-4-7-11(13)10-12-14(16)15-12/h4-5,7-8,10H,2-3,6,9H2,1H3. The third-order valence-corrected chi connectivity index (χ3v) is 3.17. The van der Waals surface area contributed by atoms with Crippen molar-refractivity contribution in [2.24, 2.45) is 4.99 Å². The van der Waals surface area contributed by atoms with E-state index in [4.69, 9.17) is 0 Å². The molecule has 16 heavy (non-hydrogen) atoms. The SMILES string of the molecule is CCCCCN1C2=NC2=Cc2ccccc21. The molecule has 82 valence electrons. The maximum absolute atomic E-state index is 4.43. The lowest BCUT2D eigenvalue weighted by Gasteiger charge is -2.24. The molecule has 0 saturated heterocycles. The molecule has 2 aliphatic heterocycles. The van der Waals surface area contributed by atoms with Gasteiger partial charge in [0.25, 0.3) is 0 Å². The predicted octanol–water partition coefficient (Wildman–Crippen LogP) is 3.45. The summed E-state index contributed by atoms with van der Waals surface area (Å²) in [6.07, 6.45) is 5.99. The van der Waals surface area contributed by atoms with Gasteiger partial charge in [0.05, 0.1) is 0 Å². The van der Waals surface area contributed by atoms with E-state index in [1.54, 1.807) is 0 Å². The Morgan fingerprint density at radius 2 is 2.06 bits per heavy atom. The molecular formula is C14H16N2. The normalized spacial score (nSPS) is 16.2. The molecule has 2 heterocycles. The summed E-state index contributed by atoms with van der Waals surface area (Å²) in [5.41, 5.74) is 3.80. The van der Waals surface area contributed by atoms with E-state index in [2.05, 4.69) is 47.2 Å². The van der Waals surface area contributed by atoms with Crippen LogP contribution in [-0.2, 0) is 0 Å². The first kappa shape index (κ1) is 9.64. The second kappa shape index (κ2) is 3.78. The number of aliphatic imine (C=N–C) groups is 1. The van der Waals surface area contributed by atoms with Crippen LogP contribution >= 0.6 is 0 Å². The van der Waals surface area contributed by atoms with Crippen LogP contribution in [0.1, 0.15) is 31.7 Å². The highest BCUT2D eigenvalue weighted by Gasteiger charge is 2.32. The van der Waals surface area contributed by atoms with Crippen LogP contribution in [0.25, 0.3) is 6.08 Å². The van der Waals surface area contributed by atoms with Crippen molar-refractivity contribution >= 4 is 17.6 Å². The van der Waals surface area contributed by atoms with Crippen molar-refractivity contribution < 1.29 is 0 Å². The Balaban J connectivity index is 1.83. The predicted molar refractivity (Wildman–Crippen MR) is 68.7 cm³/mol. The highest BCUT2D eigenvalue weighted by molar-refractivity contribution is 6.25. The summed E-state index contributed by atoms with van der Waals surface area (Å²) in [5, 5.41) is 0. The smallest absolute Gasteiger partial charge is 0.159 e. The zero-order valence-electron chi connectivity index (χ0n) is 9.61. The molecule has 0 bridgehead atoms. The zero-order valence-corrected chi connectivity index (χ0v) is 9.61. The summed E-state index contributed by atoms with van der Waals surface area (Å²) in [6, 6.07) is 8.55. The Kier molecular flexibility index (Phi) is 2.28. The molecule has 3 rings (SSSR count). The number of rotatable bonds is 4. The van der Waals surface area contributed by atoms with E-state index < -0.39 is 0 Å². The minimum atomic E-state index is 1.10. The van der Waals surface area contributed by atoms with Crippen LogP contribution in [0.4, 0.5) is 5.69 Å². The number of unbranched alkanes of at least 4 members (excludes halogenated alkanes) is 2. The van der Waals surface area contributed by atoms with Gasteiger partial charge in [-0.3, -0.25) is 0 Å². The van der Waals surface area contributed by atoms with Gasteiger partial charge in [-0.05, 0) is 18.6 Å². The van der Waals surface area contributed by atoms with Crippen molar-refractivity contribution in [2.75, 3.05) is 11.4 Å². The van der Waals surface area contributed by atoms with Gasteiger partial charge in [-0.25, -0.2) is 4.99 Å². The van der Waals surface area contributed by atoms with E-state index in [1.807, 2.05) is 0 Å². The Hall–Kier alpha value is -1.57. The summed E-state index contributed by atoms with van der Waals surface area (Å²) in [7, 11) is 0. The van der Waals surface area contributed by atoms with Crippen LogP contribution in [0.15, 0.2) is 35.0 Å². The van der Waals surface area contributed by atoms with Crippen LogP contribution in [0.3, 0.4) is 0 Å². The molecule has 2 heteroatoms. The molecule has 0 radical (unpaired) electrons. The molecule has 0 amide bonds. The Labute approximate surface area is 96.3 Å². The molecule has 0 N–H and O–H groups in total. The molecule has 2 nitrogen and oxygen atoms in total. The molecule has 2 aliphatic rings. The van der Waals surface area contributed by atoms with Crippen molar-refractivity contribution in [3.8, 4) is 0 Å². The number of benzene rings is 1. The lowest BCUT2D eigenvalue weighted by Crippen LogP contribution is -2.28. The van der Waals surface area contributed by atoms with E-state index in [1.165, 1.54) is 42.0 Å². The van der Waals surface area contributed by atoms with Crippen LogP contribution < -0.4 is 4.90 Å². The Morgan fingerprint density at radius 3 is 2.94 bits per heavy atom. The first-order chi connectivity index (χ1) is 7.90. The maximum atomic E-state index is 4.43. The topological polar surface area (TPSA) is 15.6 Å². The molecule has 0 unspecified atom stereocenters. The molecule has 0 atom stereocenters. The van der Waals surface area contributed by atoms with Crippen LogP contribution in [0.2, 0.25) is 0 Å². The van der Waals surface area contributed by atoms with Gasteiger partial charge >= 0.3 is 0 Å². The number of anilines is 1. The fourth-order valence-corrected chi connectivity index (χ4v) is 2.24. The van der Waals surface area contributed by atoms with Crippen molar-refractivity contribution in [3.63, 3.8) is 0 Å². The third-order valence-electron chi connectivity index (χ3n) is 3.17. The third kappa shape index (κ3) is 1.54. The quantitative estimate of drug-likeness (QED) is 0.698. The summed E-state index contributed by atoms with van der Waals surface area (Å²) in [4.78, 5) is 6.79. The first-order valence-corrected chi connectivity index (χ1v) is 6.07. The lowest BCUT2D eigenvalue weighted by molar-refractivity contribution is 0.723. The summed E-state index contributed by atoms with van der Waals surface area (Å²) in [6.45, 7) is 3.34. The van der Waals surface area contributed by atoms with Gasteiger partial charge in [0.2, 0.25) is 0 Å². The van der Waals surface area contributed by atoms with Gasteiger partial charge in [0.15, 0.2) is 5.84 Å². The summed E-state index contributed by atoms with van der Waals surface area (Å²) < 4.78 is 0. The number of fused-ring (bicyclic) bond motifs is 2. The van der Waals surface area contributed by atoms with Crippen molar-refractivity contribution in [2.45, 2.75) is 26.2 Å². The number of para-hydroxylation sites is 1. The monoisotopic (exact) mass is 212 g/mol. The minimum Gasteiger partial charge on any atom is -0.324 e. The molecule has 0 aromatic heterocycles. The number of hydrogen-bond acceptors (Lipinski definition) is 2. The van der Waals surface area contributed by atoms with Gasteiger partial charge in [-0.1, -0.05) is 38.0 Å². The molecular weight excluding hydrogens is 196 g/mol. The second-order valence-corrected chi connectivity index (χ2v) is 4.38. The van der Waals surface area contributed by atoms with Crippen LogP contribution in [0, 0.1) is 0 Å². The van der Waals surface area contributed by atoms with Crippen LogP contribution in [-0.4, -0.2) is 12.4 Å². The molecule has 1 aromatic rings. The van der Waals surface area contributed by atoms with Crippen molar-refractivity contribution in [1.82, 2.24) is 0 Å². The molecule has 0 saturated carbocycles. The fourth-order valence-electron chi connectivity index (χ4n) is 2.24. The summed E-state index contributed by atoms with van der Waals surface area (Å²) >= 11 is 0. The average molecular weight is 212 g/mol. The van der Waals surface area contributed by atoms with Gasteiger partial charge < -0.3 is 4.90 Å². The highest BCUT2D eigenvalue weighted by atomic mass is 15.3. The van der Waals surface area contributed by atoms with E-state index >= 15 is 0 Å². The molecule has 0 spiro atoms. The average Bonchev–Trinajstić information content (AvgIpc) is 3.07. The maximum Gasteiger partial charge on any atom is 0.159 e. The number of hydrogen-bond donors (Lipinski definition) is 0. The van der Waals surface area contributed by atoms with E-state index in [9.17, 15) is 0 Å². The molecule has 0 aliphatic carbocycles. The zero-order chi connectivity index (χ0) is 11.0. The first-order valence-electron chi connectivity index (χ1n) is 6.07. The van der Waals surface area contributed by atoms with Crippen molar-refractivity contribution in [3.05, 3.63) is 35.5 Å². The Bertz CT molecular complexity index is 471. The van der Waals surface area contributed by atoms with E-state index in [0.29, 0.717) is 0 Å². The lowest BCUT2D eigenvalue weighted by atomic mass is 10.1. The minimum absolute atomic E-state index is 1.10. The van der Waals surface area contributed by atoms with E-state index in [-0.39, 0.29) is 0 Å². The number of amidine groups is 1. The number of nitrogens with zero attached hydrogens (tertiary/aromatic N) is 2. The van der Waals surface area contributed by atoms with Crippen molar-refractivity contribution in [1.29, 1.82) is 0 Å². The second-order valence-electron chi connectivity index (χ2n) is 4.38. The highest BCUT2D eigenvalue weighted by Crippen LogP contribution is 2.36. The largest absolute Gasteiger partial charge is 0.324 e. The van der Waals surface area contributed by atoms with Gasteiger partial charge in [0.1, 0.15) is 5.70 Å². The summed E-state index contributed by atoms with van der Waals surface area (Å²) in [5.74, 6) is 1.19. The Morgan fingerprint density at radius 1 is 1.19 bits per heavy atom. The van der Waals surface area contributed by atoms with E-state index in [0.717, 1.165) is 6.54 Å². The van der Waals surface area contributed by atoms with Gasteiger partial charge in [0, 0.05) is 17.8 Å². The van der Waals surface area contributed by atoms with Gasteiger partial charge in [-0.15, -0.1) is 0 Å².